The highest BCUT2D eigenvalue weighted by molar-refractivity contribution is 5.18. The lowest BCUT2D eigenvalue weighted by molar-refractivity contribution is 0.303. The molecule has 0 radical (unpaired) electrons. The molecule has 1 aliphatic heterocycles. The Morgan fingerprint density at radius 1 is 1.11 bits per heavy atom. The molecule has 2 heteroatoms. The van der Waals surface area contributed by atoms with E-state index >= 15 is 0 Å². The second-order valence-corrected chi connectivity index (χ2v) is 6.20. The van der Waals surface area contributed by atoms with Gasteiger partial charge in [0, 0.05) is 18.1 Å². The van der Waals surface area contributed by atoms with Crippen molar-refractivity contribution in [3.63, 3.8) is 0 Å². The maximum absolute atomic E-state index is 3.88. The predicted octanol–water partition coefficient (Wildman–Crippen LogP) is 3.26. The van der Waals surface area contributed by atoms with Gasteiger partial charge in [0.25, 0.3) is 0 Å². The average Bonchev–Trinajstić information content (AvgIpc) is 3.10. The van der Waals surface area contributed by atoms with Crippen molar-refractivity contribution < 1.29 is 0 Å². The molecule has 1 saturated carbocycles. The van der Waals surface area contributed by atoms with Crippen LogP contribution in [0.3, 0.4) is 0 Å². The molecule has 2 aliphatic rings. The first-order valence-electron chi connectivity index (χ1n) is 7.89. The van der Waals surface area contributed by atoms with Crippen molar-refractivity contribution in [1.82, 2.24) is 10.6 Å². The minimum absolute atomic E-state index is 0.466. The Morgan fingerprint density at radius 2 is 1.95 bits per heavy atom. The Labute approximate surface area is 117 Å². The third kappa shape index (κ3) is 3.01. The summed E-state index contributed by atoms with van der Waals surface area (Å²) in [5.41, 5.74) is 1.41. The van der Waals surface area contributed by atoms with E-state index in [-0.39, 0.29) is 0 Å². The van der Waals surface area contributed by atoms with Gasteiger partial charge >= 0.3 is 0 Å². The molecule has 0 amide bonds. The maximum Gasteiger partial charge on any atom is 0.0294 e. The quantitative estimate of drug-likeness (QED) is 0.866. The van der Waals surface area contributed by atoms with Crippen molar-refractivity contribution in [2.75, 3.05) is 6.54 Å². The molecule has 4 atom stereocenters. The first kappa shape index (κ1) is 13.1. The molecule has 3 rings (SSSR count). The Balaban J connectivity index is 1.62. The van der Waals surface area contributed by atoms with Gasteiger partial charge in [0.05, 0.1) is 0 Å². The minimum Gasteiger partial charge on any atom is -0.314 e. The van der Waals surface area contributed by atoms with Crippen LogP contribution in [0.1, 0.15) is 50.6 Å². The highest BCUT2D eigenvalue weighted by Gasteiger charge is 2.35. The van der Waals surface area contributed by atoms with Gasteiger partial charge in [-0.15, -0.1) is 0 Å². The highest BCUT2D eigenvalue weighted by Crippen LogP contribution is 2.33. The van der Waals surface area contributed by atoms with E-state index in [0.717, 1.165) is 12.0 Å². The summed E-state index contributed by atoms with van der Waals surface area (Å²) < 4.78 is 0. The molecule has 1 saturated heterocycles. The molecular formula is C17H26N2. The molecular weight excluding hydrogens is 232 g/mol. The summed E-state index contributed by atoms with van der Waals surface area (Å²) in [6, 6.07) is 12.8. The summed E-state index contributed by atoms with van der Waals surface area (Å²) in [4.78, 5) is 0. The van der Waals surface area contributed by atoms with Crippen molar-refractivity contribution in [3.05, 3.63) is 35.9 Å². The molecule has 1 heterocycles. The van der Waals surface area contributed by atoms with E-state index < -0.39 is 0 Å². The summed E-state index contributed by atoms with van der Waals surface area (Å²) >= 11 is 0. The summed E-state index contributed by atoms with van der Waals surface area (Å²) in [5.74, 6) is 0.841. The molecule has 2 fully saturated rings. The van der Waals surface area contributed by atoms with E-state index in [0.29, 0.717) is 12.1 Å². The first-order chi connectivity index (χ1) is 9.34. The highest BCUT2D eigenvalue weighted by atomic mass is 15.0. The number of nitrogens with one attached hydrogen (secondary N) is 2. The van der Waals surface area contributed by atoms with Crippen LogP contribution in [-0.2, 0) is 0 Å². The molecule has 2 N–H and O–H groups in total. The van der Waals surface area contributed by atoms with Gasteiger partial charge in [0.2, 0.25) is 0 Å². The third-order valence-corrected chi connectivity index (χ3v) is 4.95. The van der Waals surface area contributed by atoms with Gasteiger partial charge in [-0.2, -0.15) is 0 Å². The Morgan fingerprint density at radius 3 is 2.68 bits per heavy atom. The van der Waals surface area contributed by atoms with E-state index in [1.807, 2.05) is 0 Å². The van der Waals surface area contributed by atoms with E-state index in [1.165, 1.54) is 44.2 Å². The SMILES string of the molecule is CC(NC1CCCC1C1CCCN1)c1ccccc1. The number of benzene rings is 1. The largest absolute Gasteiger partial charge is 0.314 e. The van der Waals surface area contributed by atoms with Gasteiger partial charge in [-0.25, -0.2) is 0 Å². The zero-order valence-electron chi connectivity index (χ0n) is 11.9. The third-order valence-electron chi connectivity index (χ3n) is 4.95. The van der Waals surface area contributed by atoms with Crippen LogP contribution in [0, 0.1) is 5.92 Å². The summed E-state index contributed by atoms with van der Waals surface area (Å²) in [6.45, 7) is 3.52. The predicted molar refractivity (Wildman–Crippen MR) is 80.1 cm³/mol. The van der Waals surface area contributed by atoms with E-state index in [4.69, 9.17) is 0 Å². The van der Waals surface area contributed by atoms with Crippen molar-refractivity contribution in [2.24, 2.45) is 5.92 Å². The van der Waals surface area contributed by atoms with Crippen LogP contribution in [-0.4, -0.2) is 18.6 Å². The standard InChI is InChI=1S/C17H26N2/c1-13(14-7-3-2-4-8-14)19-17-10-5-9-15(17)16-11-6-12-18-16/h2-4,7-8,13,15-19H,5-6,9-12H2,1H3. The van der Waals surface area contributed by atoms with Crippen LogP contribution in [0.2, 0.25) is 0 Å². The van der Waals surface area contributed by atoms with Crippen molar-refractivity contribution in [2.45, 2.75) is 57.2 Å². The maximum atomic E-state index is 3.88. The van der Waals surface area contributed by atoms with Gasteiger partial charge in [0.15, 0.2) is 0 Å². The second-order valence-electron chi connectivity index (χ2n) is 6.20. The zero-order valence-corrected chi connectivity index (χ0v) is 11.9. The Hall–Kier alpha value is -0.860. The van der Waals surface area contributed by atoms with Gasteiger partial charge in [-0.3, -0.25) is 0 Å². The molecule has 2 nitrogen and oxygen atoms in total. The average molecular weight is 258 g/mol. The van der Waals surface area contributed by atoms with Crippen molar-refractivity contribution in [1.29, 1.82) is 0 Å². The summed E-state index contributed by atoms with van der Waals surface area (Å²) in [7, 11) is 0. The minimum atomic E-state index is 0.466. The molecule has 0 spiro atoms. The summed E-state index contributed by atoms with van der Waals surface area (Å²) in [6.07, 6.45) is 6.88. The van der Waals surface area contributed by atoms with Gasteiger partial charge in [-0.1, -0.05) is 36.8 Å². The molecule has 1 aliphatic carbocycles. The lowest BCUT2D eigenvalue weighted by Crippen LogP contribution is -2.42. The van der Waals surface area contributed by atoms with E-state index in [9.17, 15) is 0 Å². The van der Waals surface area contributed by atoms with Gasteiger partial charge in [-0.05, 0) is 50.6 Å². The van der Waals surface area contributed by atoms with Crippen molar-refractivity contribution >= 4 is 0 Å². The summed E-state index contributed by atoms with van der Waals surface area (Å²) in [5, 5.41) is 7.58. The lowest BCUT2D eigenvalue weighted by Gasteiger charge is -2.29. The molecule has 104 valence electrons. The topological polar surface area (TPSA) is 24.1 Å². The van der Waals surface area contributed by atoms with Crippen LogP contribution < -0.4 is 10.6 Å². The van der Waals surface area contributed by atoms with Crippen LogP contribution in [0.5, 0.6) is 0 Å². The molecule has 1 aromatic rings. The van der Waals surface area contributed by atoms with Crippen LogP contribution >= 0.6 is 0 Å². The number of hydrogen-bond acceptors (Lipinski definition) is 2. The fourth-order valence-corrected chi connectivity index (χ4v) is 3.91. The Kier molecular flexibility index (Phi) is 4.19. The number of hydrogen-bond donors (Lipinski definition) is 2. The normalized spacial score (nSPS) is 32.6. The smallest absolute Gasteiger partial charge is 0.0294 e. The van der Waals surface area contributed by atoms with Gasteiger partial charge in [0.1, 0.15) is 0 Å². The lowest BCUT2D eigenvalue weighted by atomic mass is 9.92. The van der Waals surface area contributed by atoms with Crippen molar-refractivity contribution in [3.8, 4) is 0 Å². The molecule has 19 heavy (non-hydrogen) atoms. The van der Waals surface area contributed by atoms with E-state index in [1.54, 1.807) is 0 Å². The van der Waals surface area contributed by atoms with Crippen LogP contribution in [0.15, 0.2) is 30.3 Å². The molecule has 1 aromatic carbocycles. The van der Waals surface area contributed by atoms with Crippen LogP contribution in [0.4, 0.5) is 0 Å². The van der Waals surface area contributed by atoms with Gasteiger partial charge < -0.3 is 10.6 Å². The fraction of sp³-hybridized carbons (Fsp3) is 0.647. The molecule has 0 aromatic heterocycles. The first-order valence-corrected chi connectivity index (χ1v) is 7.89. The van der Waals surface area contributed by atoms with Crippen LogP contribution in [0.25, 0.3) is 0 Å². The molecule has 4 unspecified atom stereocenters. The molecule has 0 bridgehead atoms. The number of rotatable bonds is 4. The monoisotopic (exact) mass is 258 g/mol. The Bertz CT molecular complexity index is 384. The van der Waals surface area contributed by atoms with E-state index in [2.05, 4.69) is 47.9 Å². The zero-order chi connectivity index (χ0) is 13.1. The fourth-order valence-electron chi connectivity index (χ4n) is 3.91. The second kappa shape index (κ2) is 6.06.